The number of guanidine groups is 1. The van der Waals surface area contributed by atoms with Crippen molar-refractivity contribution in [3.8, 4) is 5.75 Å². The van der Waals surface area contributed by atoms with E-state index < -0.39 is 0 Å². The van der Waals surface area contributed by atoms with Crippen molar-refractivity contribution in [1.29, 1.82) is 0 Å². The van der Waals surface area contributed by atoms with E-state index in [1.807, 2.05) is 26.0 Å². The molecule has 140 valence electrons. The maximum absolute atomic E-state index is 5.74. The number of benzene rings is 1. The van der Waals surface area contributed by atoms with Crippen LogP contribution in [0.15, 0.2) is 29.3 Å². The summed E-state index contributed by atoms with van der Waals surface area (Å²) in [6.45, 7) is 10.2. The van der Waals surface area contributed by atoms with Crippen LogP contribution in [0.3, 0.4) is 0 Å². The molecule has 1 fully saturated rings. The molecule has 5 heteroatoms. The average Bonchev–Trinajstić information content (AvgIpc) is 3.39. The Morgan fingerprint density at radius 1 is 1.28 bits per heavy atom. The van der Waals surface area contributed by atoms with Gasteiger partial charge in [-0.1, -0.05) is 12.1 Å². The highest BCUT2D eigenvalue weighted by atomic mass is 16.5. The summed E-state index contributed by atoms with van der Waals surface area (Å²) >= 11 is 0. The third-order valence-corrected chi connectivity index (χ3v) is 3.84. The lowest BCUT2D eigenvalue weighted by molar-refractivity contribution is 0.123. The first-order valence-corrected chi connectivity index (χ1v) is 9.53. The number of rotatable bonds is 11. The van der Waals surface area contributed by atoms with Crippen LogP contribution >= 0.6 is 0 Å². The van der Waals surface area contributed by atoms with Crippen molar-refractivity contribution in [3.63, 3.8) is 0 Å². The Hall–Kier alpha value is -1.75. The number of nitrogens with zero attached hydrogens (tertiary/aromatic N) is 1. The van der Waals surface area contributed by atoms with Gasteiger partial charge in [0.15, 0.2) is 5.96 Å². The summed E-state index contributed by atoms with van der Waals surface area (Å²) in [6, 6.07) is 8.13. The van der Waals surface area contributed by atoms with Crippen molar-refractivity contribution in [2.45, 2.75) is 52.7 Å². The van der Waals surface area contributed by atoms with Crippen molar-refractivity contribution in [2.24, 2.45) is 10.9 Å². The number of ether oxygens (including phenoxy) is 2. The predicted octanol–water partition coefficient (Wildman–Crippen LogP) is 3.35. The number of hydrogen-bond donors (Lipinski definition) is 2. The molecular formula is C20H33N3O2. The molecule has 0 unspecified atom stereocenters. The normalized spacial score (nSPS) is 14.6. The maximum atomic E-state index is 5.74. The van der Waals surface area contributed by atoms with Crippen LogP contribution in [-0.4, -0.2) is 38.4 Å². The molecule has 0 aromatic heterocycles. The highest BCUT2D eigenvalue weighted by Crippen LogP contribution is 2.28. The fourth-order valence-corrected chi connectivity index (χ4v) is 2.42. The van der Waals surface area contributed by atoms with Gasteiger partial charge in [-0.05, 0) is 63.6 Å². The molecular weight excluding hydrogens is 314 g/mol. The molecule has 2 rings (SSSR count). The van der Waals surface area contributed by atoms with E-state index in [1.54, 1.807) is 0 Å². The summed E-state index contributed by atoms with van der Waals surface area (Å²) in [4.78, 5) is 4.66. The van der Waals surface area contributed by atoms with E-state index in [9.17, 15) is 0 Å². The molecule has 0 heterocycles. The van der Waals surface area contributed by atoms with Gasteiger partial charge in [0.1, 0.15) is 5.75 Å². The fourth-order valence-electron chi connectivity index (χ4n) is 2.42. The molecule has 0 aliphatic heterocycles. The molecule has 2 N–H and O–H groups in total. The molecule has 1 aliphatic carbocycles. The Kier molecular flexibility index (Phi) is 8.60. The van der Waals surface area contributed by atoms with Gasteiger partial charge in [-0.25, -0.2) is 4.99 Å². The second-order valence-electron chi connectivity index (χ2n) is 6.81. The fraction of sp³-hybridized carbons (Fsp3) is 0.650. The number of hydrogen-bond acceptors (Lipinski definition) is 3. The van der Waals surface area contributed by atoms with Gasteiger partial charge in [-0.3, -0.25) is 0 Å². The van der Waals surface area contributed by atoms with E-state index in [0.717, 1.165) is 55.9 Å². The van der Waals surface area contributed by atoms with Gasteiger partial charge < -0.3 is 20.1 Å². The van der Waals surface area contributed by atoms with Gasteiger partial charge in [0.05, 0.1) is 12.6 Å². The van der Waals surface area contributed by atoms with Crippen molar-refractivity contribution in [2.75, 3.05) is 26.3 Å². The van der Waals surface area contributed by atoms with Crippen molar-refractivity contribution >= 4 is 5.96 Å². The molecule has 5 nitrogen and oxygen atoms in total. The summed E-state index contributed by atoms with van der Waals surface area (Å²) < 4.78 is 11.4. The Balaban J connectivity index is 1.73. The van der Waals surface area contributed by atoms with Gasteiger partial charge in [0, 0.05) is 26.3 Å². The molecule has 25 heavy (non-hydrogen) atoms. The van der Waals surface area contributed by atoms with E-state index in [2.05, 4.69) is 34.7 Å². The SMILES string of the molecule is CCNC(=NCc1cccc(OC(C)C)c1)NCCCOCC1CC1. The van der Waals surface area contributed by atoms with Crippen LogP contribution in [0.4, 0.5) is 0 Å². The quantitative estimate of drug-likeness (QED) is 0.366. The van der Waals surface area contributed by atoms with Gasteiger partial charge in [0.2, 0.25) is 0 Å². The van der Waals surface area contributed by atoms with E-state index in [4.69, 9.17) is 9.47 Å². The first-order valence-electron chi connectivity index (χ1n) is 9.53. The van der Waals surface area contributed by atoms with Crippen LogP contribution < -0.4 is 15.4 Å². The summed E-state index contributed by atoms with van der Waals surface area (Å²) in [5, 5.41) is 6.65. The topological polar surface area (TPSA) is 54.9 Å². The molecule has 1 aromatic carbocycles. The molecule has 1 aliphatic rings. The first kappa shape index (κ1) is 19.6. The van der Waals surface area contributed by atoms with Crippen LogP contribution in [0.25, 0.3) is 0 Å². The van der Waals surface area contributed by atoms with E-state index >= 15 is 0 Å². The largest absolute Gasteiger partial charge is 0.491 e. The average molecular weight is 348 g/mol. The van der Waals surface area contributed by atoms with Gasteiger partial charge >= 0.3 is 0 Å². The maximum Gasteiger partial charge on any atom is 0.191 e. The minimum atomic E-state index is 0.180. The summed E-state index contributed by atoms with van der Waals surface area (Å²) in [7, 11) is 0. The van der Waals surface area contributed by atoms with Crippen molar-refractivity contribution in [1.82, 2.24) is 10.6 Å². The monoisotopic (exact) mass is 347 g/mol. The van der Waals surface area contributed by atoms with Crippen LogP contribution in [0.1, 0.15) is 45.6 Å². The molecule has 0 radical (unpaired) electrons. The molecule has 0 bridgehead atoms. The molecule has 0 amide bonds. The summed E-state index contributed by atoms with van der Waals surface area (Å²) in [5.74, 6) is 2.58. The van der Waals surface area contributed by atoms with Crippen molar-refractivity contribution in [3.05, 3.63) is 29.8 Å². The Morgan fingerprint density at radius 2 is 2.12 bits per heavy atom. The van der Waals surface area contributed by atoms with Crippen molar-refractivity contribution < 1.29 is 9.47 Å². The zero-order valence-corrected chi connectivity index (χ0v) is 15.9. The van der Waals surface area contributed by atoms with Gasteiger partial charge in [-0.15, -0.1) is 0 Å². The first-order chi connectivity index (χ1) is 12.2. The summed E-state index contributed by atoms with van der Waals surface area (Å²) in [5.41, 5.74) is 1.14. The van der Waals surface area contributed by atoms with Crippen LogP contribution in [-0.2, 0) is 11.3 Å². The minimum absolute atomic E-state index is 0.180. The molecule has 0 spiro atoms. The summed E-state index contributed by atoms with van der Waals surface area (Å²) in [6.07, 6.45) is 3.87. The second-order valence-corrected chi connectivity index (χ2v) is 6.81. The zero-order valence-electron chi connectivity index (χ0n) is 15.9. The third-order valence-electron chi connectivity index (χ3n) is 3.84. The number of aliphatic imine (C=N–C) groups is 1. The Bertz CT molecular complexity index is 527. The van der Waals surface area contributed by atoms with E-state index in [-0.39, 0.29) is 6.10 Å². The smallest absolute Gasteiger partial charge is 0.191 e. The Morgan fingerprint density at radius 3 is 2.84 bits per heavy atom. The highest BCUT2D eigenvalue weighted by Gasteiger charge is 2.20. The van der Waals surface area contributed by atoms with Gasteiger partial charge in [0.25, 0.3) is 0 Å². The predicted molar refractivity (Wildman–Crippen MR) is 103 cm³/mol. The lowest BCUT2D eigenvalue weighted by Gasteiger charge is -2.12. The lowest BCUT2D eigenvalue weighted by Crippen LogP contribution is -2.38. The third kappa shape index (κ3) is 8.77. The highest BCUT2D eigenvalue weighted by molar-refractivity contribution is 5.79. The molecule has 1 aromatic rings. The second kappa shape index (κ2) is 11.0. The zero-order chi connectivity index (χ0) is 17.9. The standard InChI is InChI=1S/C20H33N3O2/c1-4-21-20(22-11-6-12-24-15-17-9-10-17)23-14-18-7-5-8-19(13-18)25-16(2)3/h5,7-8,13,16-17H,4,6,9-12,14-15H2,1-3H3,(H2,21,22,23). The minimum Gasteiger partial charge on any atom is -0.491 e. The van der Waals surface area contributed by atoms with Crippen LogP contribution in [0.2, 0.25) is 0 Å². The van der Waals surface area contributed by atoms with Gasteiger partial charge in [-0.2, -0.15) is 0 Å². The molecule has 0 atom stereocenters. The molecule has 0 saturated heterocycles. The van der Waals surface area contributed by atoms with E-state index in [1.165, 1.54) is 12.8 Å². The lowest BCUT2D eigenvalue weighted by atomic mass is 10.2. The Labute approximate surface area is 152 Å². The van der Waals surface area contributed by atoms with Crippen LogP contribution in [0, 0.1) is 5.92 Å². The number of nitrogens with one attached hydrogen (secondary N) is 2. The van der Waals surface area contributed by atoms with E-state index in [0.29, 0.717) is 6.54 Å². The van der Waals surface area contributed by atoms with Crippen LogP contribution in [0.5, 0.6) is 5.75 Å². The molecule has 1 saturated carbocycles.